The number of hydrogen-bond acceptors (Lipinski definition) is 1. The molecule has 1 aliphatic rings. The number of fused-ring (bicyclic) bond motifs is 1. The summed E-state index contributed by atoms with van der Waals surface area (Å²) in [6.07, 6.45) is 4.85. The van der Waals surface area contributed by atoms with Crippen LogP contribution in [0, 0.1) is 6.92 Å². The molecule has 1 saturated carbocycles. The van der Waals surface area contributed by atoms with Crippen molar-refractivity contribution in [2.75, 3.05) is 0 Å². The third kappa shape index (κ3) is 2.28. The smallest absolute Gasteiger partial charge is 0.00392 e. The second-order valence-electron chi connectivity index (χ2n) is 5.72. The third-order valence-corrected chi connectivity index (χ3v) is 4.26. The molecule has 0 bridgehead atoms. The Bertz CT molecular complexity index is 551. The standard InChI is InChI=1S/C17H21N/c1-12-2-3-16-11-15(5-4-14(16)10-12)13-6-8-17(18)9-7-13/h2-5,10-11,13,17H,6-9,18H2,1H3. The van der Waals surface area contributed by atoms with Crippen molar-refractivity contribution in [3.8, 4) is 0 Å². The van der Waals surface area contributed by atoms with Crippen molar-refractivity contribution in [2.45, 2.75) is 44.6 Å². The van der Waals surface area contributed by atoms with Crippen LogP contribution in [0.5, 0.6) is 0 Å². The monoisotopic (exact) mass is 239 g/mol. The van der Waals surface area contributed by atoms with E-state index < -0.39 is 0 Å². The second-order valence-corrected chi connectivity index (χ2v) is 5.72. The summed E-state index contributed by atoms with van der Waals surface area (Å²) in [6.45, 7) is 2.15. The molecule has 18 heavy (non-hydrogen) atoms. The fraction of sp³-hybridized carbons (Fsp3) is 0.412. The average Bonchev–Trinajstić information content (AvgIpc) is 2.39. The first-order chi connectivity index (χ1) is 8.72. The van der Waals surface area contributed by atoms with Crippen LogP contribution in [0.25, 0.3) is 10.8 Å². The third-order valence-electron chi connectivity index (χ3n) is 4.26. The lowest BCUT2D eigenvalue weighted by atomic mass is 9.81. The van der Waals surface area contributed by atoms with Crippen LogP contribution < -0.4 is 5.73 Å². The maximum absolute atomic E-state index is 5.98. The molecule has 1 aliphatic carbocycles. The zero-order chi connectivity index (χ0) is 12.5. The van der Waals surface area contributed by atoms with Crippen LogP contribution in [0.3, 0.4) is 0 Å². The first kappa shape index (κ1) is 11.7. The van der Waals surface area contributed by atoms with Gasteiger partial charge in [0.15, 0.2) is 0 Å². The Balaban J connectivity index is 1.91. The maximum Gasteiger partial charge on any atom is 0.00392 e. The largest absolute Gasteiger partial charge is 0.328 e. The van der Waals surface area contributed by atoms with E-state index in [-0.39, 0.29) is 0 Å². The van der Waals surface area contributed by atoms with Gasteiger partial charge in [-0.2, -0.15) is 0 Å². The van der Waals surface area contributed by atoms with Crippen molar-refractivity contribution < 1.29 is 0 Å². The van der Waals surface area contributed by atoms with Gasteiger partial charge in [-0.05, 0) is 54.9 Å². The lowest BCUT2D eigenvalue weighted by Gasteiger charge is -2.26. The van der Waals surface area contributed by atoms with Crippen LogP contribution in [-0.2, 0) is 0 Å². The molecule has 0 heterocycles. The number of benzene rings is 2. The molecule has 1 nitrogen and oxygen atoms in total. The SMILES string of the molecule is Cc1ccc2cc(C3CCC(N)CC3)ccc2c1. The minimum atomic E-state index is 0.435. The summed E-state index contributed by atoms with van der Waals surface area (Å²) in [5.41, 5.74) is 8.81. The van der Waals surface area contributed by atoms with Crippen molar-refractivity contribution in [2.24, 2.45) is 5.73 Å². The predicted octanol–water partition coefficient (Wildman–Crippen LogP) is 4.13. The molecule has 3 rings (SSSR count). The molecular weight excluding hydrogens is 218 g/mol. The van der Waals surface area contributed by atoms with E-state index in [2.05, 4.69) is 43.3 Å². The minimum Gasteiger partial charge on any atom is -0.328 e. The summed E-state index contributed by atoms with van der Waals surface area (Å²) < 4.78 is 0. The zero-order valence-corrected chi connectivity index (χ0v) is 11.0. The Labute approximate surface area is 109 Å². The van der Waals surface area contributed by atoms with Crippen LogP contribution >= 0.6 is 0 Å². The highest BCUT2D eigenvalue weighted by Crippen LogP contribution is 2.33. The summed E-state index contributed by atoms with van der Waals surface area (Å²) in [6, 6.07) is 14.1. The second kappa shape index (κ2) is 4.74. The topological polar surface area (TPSA) is 26.0 Å². The fourth-order valence-corrected chi connectivity index (χ4v) is 3.09. The van der Waals surface area contributed by atoms with E-state index in [4.69, 9.17) is 5.73 Å². The molecule has 2 N–H and O–H groups in total. The van der Waals surface area contributed by atoms with Crippen LogP contribution in [0.15, 0.2) is 36.4 Å². The Hall–Kier alpha value is -1.34. The van der Waals surface area contributed by atoms with Gasteiger partial charge in [0.05, 0.1) is 0 Å². The van der Waals surface area contributed by atoms with Crippen molar-refractivity contribution >= 4 is 10.8 Å². The van der Waals surface area contributed by atoms with Crippen molar-refractivity contribution in [1.82, 2.24) is 0 Å². The molecule has 1 fully saturated rings. The highest BCUT2D eigenvalue weighted by Gasteiger charge is 2.19. The first-order valence-electron chi connectivity index (χ1n) is 6.98. The highest BCUT2D eigenvalue weighted by atomic mass is 14.6. The van der Waals surface area contributed by atoms with Gasteiger partial charge in [0.2, 0.25) is 0 Å². The number of hydrogen-bond donors (Lipinski definition) is 1. The lowest BCUT2D eigenvalue weighted by Crippen LogP contribution is -2.25. The Morgan fingerprint density at radius 1 is 0.889 bits per heavy atom. The molecular formula is C17H21N. The summed E-state index contributed by atoms with van der Waals surface area (Å²) in [5, 5.41) is 2.72. The molecule has 0 spiro atoms. The summed E-state index contributed by atoms with van der Waals surface area (Å²) >= 11 is 0. The van der Waals surface area contributed by atoms with E-state index in [9.17, 15) is 0 Å². The van der Waals surface area contributed by atoms with Gasteiger partial charge < -0.3 is 5.73 Å². The molecule has 2 aromatic carbocycles. The number of nitrogens with two attached hydrogens (primary N) is 1. The van der Waals surface area contributed by atoms with E-state index >= 15 is 0 Å². The van der Waals surface area contributed by atoms with Crippen LogP contribution in [0.4, 0.5) is 0 Å². The van der Waals surface area contributed by atoms with Gasteiger partial charge in [0, 0.05) is 6.04 Å². The van der Waals surface area contributed by atoms with Gasteiger partial charge >= 0.3 is 0 Å². The van der Waals surface area contributed by atoms with Crippen molar-refractivity contribution in [1.29, 1.82) is 0 Å². The van der Waals surface area contributed by atoms with Crippen molar-refractivity contribution in [3.05, 3.63) is 47.5 Å². The van der Waals surface area contributed by atoms with E-state index in [1.165, 1.54) is 47.6 Å². The van der Waals surface area contributed by atoms with Gasteiger partial charge in [-0.25, -0.2) is 0 Å². The summed E-state index contributed by atoms with van der Waals surface area (Å²) in [4.78, 5) is 0. The molecule has 0 unspecified atom stereocenters. The predicted molar refractivity (Wildman–Crippen MR) is 77.9 cm³/mol. The molecule has 0 radical (unpaired) electrons. The maximum atomic E-state index is 5.98. The molecule has 94 valence electrons. The van der Waals surface area contributed by atoms with Crippen LogP contribution in [0.2, 0.25) is 0 Å². The van der Waals surface area contributed by atoms with E-state index in [0.29, 0.717) is 6.04 Å². The van der Waals surface area contributed by atoms with Crippen LogP contribution in [-0.4, -0.2) is 6.04 Å². The molecule has 0 amide bonds. The molecule has 0 atom stereocenters. The summed E-state index contributed by atoms with van der Waals surface area (Å²) in [7, 11) is 0. The Kier molecular flexibility index (Phi) is 3.09. The summed E-state index contributed by atoms with van der Waals surface area (Å²) in [5.74, 6) is 0.718. The molecule has 2 aromatic rings. The van der Waals surface area contributed by atoms with E-state index in [1.807, 2.05) is 0 Å². The molecule has 0 saturated heterocycles. The molecule has 1 heteroatoms. The lowest BCUT2D eigenvalue weighted by molar-refractivity contribution is 0.396. The van der Waals surface area contributed by atoms with Gasteiger partial charge in [-0.3, -0.25) is 0 Å². The normalized spacial score (nSPS) is 24.3. The quantitative estimate of drug-likeness (QED) is 0.795. The van der Waals surface area contributed by atoms with Crippen molar-refractivity contribution in [3.63, 3.8) is 0 Å². The molecule has 0 aliphatic heterocycles. The fourth-order valence-electron chi connectivity index (χ4n) is 3.09. The van der Waals surface area contributed by atoms with Gasteiger partial charge in [-0.1, -0.05) is 42.0 Å². The number of rotatable bonds is 1. The van der Waals surface area contributed by atoms with Gasteiger partial charge in [-0.15, -0.1) is 0 Å². The molecule has 0 aromatic heterocycles. The zero-order valence-electron chi connectivity index (χ0n) is 11.0. The Morgan fingerprint density at radius 2 is 1.56 bits per heavy atom. The minimum absolute atomic E-state index is 0.435. The van der Waals surface area contributed by atoms with E-state index in [0.717, 1.165) is 5.92 Å². The first-order valence-corrected chi connectivity index (χ1v) is 6.98. The van der Waals surface area contributed by atoms with E-state index in [1.54, 1.807) is 0 Å². The van der Waals surface area contributed by atoms with Crippen LogP contribution in [0.1, 0.15) is 42.7 Å². The Morgan fingerprint density at radius 3 is 2.33 bits per heavy atom. The van der Waals surface area contributed by atoms with Gasteiger partial charge in [0.1, 0.15) is 0 Å². The van der Waals surface area contributed by atoms with Gasteiger partial charge in [0.25, 0.3) is 0 Å². The average molecular weight is 239 g/mol. The number of aryl methyl sites for hydroxylation is 1. The highest BCUT2D eigenvalue weighted by molar-refractivity contribution is 5.83.